The van der Waals surface area contributed by atoms with Gasteiger partial charge in [0.15, 0.2) is 0 Å². The molecular weight excluding hydrogens is 450 g/mol. The number of carbonyl (C=O) groups excluding carboxylic acids is 1. The van der Waals surface area contributed by atoms with E-state index in [1.807, 2.05) is 60.7 Å². The third kappa shape index (κ3) is 6.28. The molecular formula is C24H27N7O4. The summed E-state index contributed by atoms with van der Waals surface area (Å²) in [5.74, 6) is -1.01. The summed E-state index contributed by atoms with van der Waals surface area (Å²) in [5.41, 5.74) is 6.47. The Balaban J connectivity index is 1.47. The van der Waals surface area contributed by atoms with Gasteiger partial charge >= 0.3 is 5.69 Å². The fraction of sp³-hybridized carbons (Fsp3) is 0.292. The number of hydrogen-bond acceptors (Lipinski definition) is 9. The molecule has 3 N–H and O–H groups in total. The lowest BCUT2D eigenvalue weighted by Crippen LogP contribution is -2.39. The van der Waals surface area contributed by atoms with E-state index in [1.54, 1.807) is 0 Å². The normalized spacial score (nSPS) is 13.9. The summed E-state index contributed by atoms with van der Waals surface area (Å²) in [6.45, 7) is 4.14. The molecule has 1 aliphatic heterocycles. The number of carbonyl (C=O) groups is 1. The third-order valence-electron chi connectivity index (χ3n) is 5.66. The predicted octanol–water partition coefficient (Wildman–Crippen LogP) is 2.40. The summed E-state index contributed by atoms with van der Waals surface area (Å²) < 4.78 is 5.34. The molecule has 182 valence electrons. The molecule has 0 unspecified atom stereocenters. The number of nitrogens with zero attached hydrogens (tertiary/aromatic N) is 4. The van der Waals surface area contributed by atoms with E-state index in [-0.39, 0.29) is 23.2 Å². The number of anilines is 2. The van der Waals surface area contributed by atoms with E-state index in [4.69, 9.17) is 4.74 Å². The number of rotatable bonds is 10. The quantitative estimate of drug-likeness (QED) is 0.297. The van der Waals surface area contributed by atoms with E-state index in [0.717, 1.165) is 24.2 Å². The minimum Gasteiger partial charge on any atom is -0.379 e. The van der Waals surface area contributed by atoms with Crippen LogP contribution >= 0.6 is 0 Å². The fourth-order valence-corrected chi connectivity index (χ4v) is 3.91. The average molecular weight is 478 g/mol. The first kappa shape index (κ1) is 24.0. The number of hydrazine groups is 1. The summed E-state index contributed by atoms with van der Waals surface area (Å²) in [5, 5.41) is 14.9. The van der Waals surface area contributed by atoms with Gasteiger partial charge in [-0.1, -0.05) is 60.7 Å². The second kappa shape index (κ2) is 11.9. The van der Waals surface area contributed by atoms with Crippen molar-refractivity contribution < 1.29 is 14.5 Å². The van der Waals surface area contributed by atoms with Crippen LogP contribution in [-0.2, 0) is 9.53 Å². The molecule has 4 rings (SSSR count). The second-order valence-electron chi connectivity index (χ2n) is 7.93. The first-order chi connectivity index (χ1) is 17.1. The van der Waals surface area contributed by atoms with E-state index < -0.39 is 10.8 Å². The van der Waals surface area contributed by atoms with Crippen molar-refractivity contribution in [3.8, 4) is 0 Å². The predicted molar refractivity (Wildman–Crippen MR) is 131 cm³/mol. The number of nitro groups is 1. The molecule has 1 aliphatic rings. The molecule has 1 fully saturated rings. The van der Waals surface area contributed by atoms with Crippen LogP contribution in [0.4, 0.5) is 17.3 Å². The van der Waals surface area contributed by atoms with Gasteiger partial charge in [-0.25, -0.2) is 9.97 Å². The smallest absolute Gasteiger partial charge is 0.354 e. The monoisotopic (exact) mass is 477 g/mol. The number of amides is 1. The van der Waals surface area contributed by atoms with E-state index in [2.05, 4.69) is 31.0 Å². The molecule has 1 saturated heterocycles. The zero-order valence-corrected chi connectivity index (χ0v) is 19.1. The molecule has 0 atom stereocenters. The number of morpholine rings is 1. The van der Waals surface area contributed by atoms with E-state index in [9.17, 15) is 14.9 Å². The number of nitrogens with one attached hydrogen (secondary N) is 3. The van der Waals surface area contributed by atoms with Crippen molar-refractivity contribution in [2.75, 3.05) is 50.1 Å². The largest absolute Gasteiger partial charge is 0.379 e. The van der Waals surface area contributed by atoms with Gasteiger partial charge in [-0.2, -0.15) is 0 Å². The first-order valence-electron chi connectivity index (χ1n) is 11.3. The van der Waals surface area contributed by atoms with Crippen LogP contribution in [0.1, 0.15) is 17.0 Å². The van der Waals surface area contributed by atoms with E-state index in [1.165, 1.54) is 6.33 Å². The Hall–Kier alpha value is -4.09. The Morgan fingerprint density at radius 2 is 1.60 bits per heavy atom. The SMILES string of the molecule is O=C(NNc1ncnc(NCCN2CCOCC2)c1[N+](=O)[O-])C(c1ccccc1)c1ccccc1. The van der Waals surface area contributed by atoms with Crippen LogP contribution < -0.4 is 16.2 Å². The molecule has 1 amide bonds. The molecule has 11 nitrogen and oxygen atoms in total. The van der Waals surface area contributed by atoms with Crippen molar-refractivity contribution in [1.29, 1.82) is 0 Å². The van der Waals surface area contributed by atoms with Gasteiger partial charge in [-0.15, -0.1) is 0 Å². The van der Waals surface area contributed by atoms with Gasteiger partial charge in [0.25, 0.3) is 0 Å². The van der Waals surface area contributed by atoms with E-state index >= 15 is 0 Å². The first-order valence-corrected chi connectivity index (χ1v) is 11.3. The van der Waals surface area contributed by atoms with Crippen LogP contribution in [0, 0.1) is 10.1 Å². The lowest BCUT2D eigenvalue weighted by atomic mass is 9.91. The maximum Gasteiger partial charge on any atom is 0.354 e. The molecule has 0 saturated carbocycles. The summed E-state index contributed by atoms with van der Waals surface area (Å²) in [6, 6.07) is 18.6. The van der Waals surface area contributed by atoms with Gasteiger partial charge in [0, 0.05) is 26.2 Å². The van der Waals surface area contributed by atoms with Crippen molar-refractivity contribution in [3.63, 3.8) is 0 Å². The number of benzene rings is 2. The highest BCUT2D eigenvalue weighted by atomic mass is 16.6. The summed E-state index contributed by atoms with van der Waals surface area (Å²) in [6.07, 6.45) is 1.21. The van der Waals surface area contributed by atoms with Crippen LogP contribution in [0.15, 0.2) is 67.0 Å². The van der Waals surface area contributed by atoms with Crippen LogP contribution in [0.5, 0.6) is 0 Å². The Morgan fingerprint density at radius 3 is 2.20 bits per heavy atom. The van der Waals surface area contributed by atoms with Crippen molar-refractivity contribution in [3.05, 3.63) is 88.2 Å². The van der Waals surface area contributed by atoms with Gasteiger partial charge in [-0.3, -0.25) is 30.7 Å². The molecule has 3 aromatic rings. The number of ether oxygens (including phenoxy) is 1. The summed E-state index contributed by atoms with van der Waals surface area (Å²) in [4.78, 5) is 34.7. The van der Waals surface area contributed by atoms with Gasteiger partial charge in [0.1, 0.15) is 6.33 Å². The Kier molecular flexibility index (Phi) is 8.15. The molecule has 0 radical (unpaired) electrons. The molecule has 1 aromatic heterocycles. The molecule has 2 heterocycles. The summed E-state index contributed by atoms with van der Waals surface area (Å²) in [7, 11) is 0. The van der Waals surface area contributed by atoms with Gasteiger partial charge < -0.3 is 10.1 Å². The second-order valence-corrected chi connectivity index (χ2v) is 7.93. The van der Waals surface area contributed by atoms with Crippen molar-refractivity contribution in [2.45, 2.75) is 5.92 Å². The molecule has 2 aromatic carbocycles. The van der Waals surface area contributed by atoms with Gasteiger partial charge in [0.2, 0.25) is 17.5 Å². The van der Waals surface area contributed by atoms with Crippen molar-refractivity contribution >= 4 is 23.2 Å². The topological polar surface area (TPSA) is 135 Å². The van der Waals surface area contributed by atoms with Crippen LogP contribution in [-0.4, -0.2) is 65.1 Å². The maximum absolute atomic E-state index is 13.2. The lowest BCUT2D eigenvalue weighted by molar-refractivity contribution is -0.383. The molecule has 0 spiro atoms. The van der Waals surface area contributed by atoms with Crippen molar-refractivity contribution in [1.82, 2.24) is 20.3 Å². The highest BCUT2D eigenvalue weighted by Crippen LogP contribution is 2.29. The summed E-state index contributed by atoms with van der Waals surface area (Å²) >= 11 is 0. The average Bonchev–Trinajstić information content (AvgIpc) is 2.89. The number of hydrogen-bond donors (Lipinski definition) is 3. The third-order valence-corrected chi connectivity index (χ3v) is 5.66. The lowest BCUT2D eigenvalue weighted by Gasteiger charge is -2.26. The zero-order valence-electron chi connectivity index (χ0n) is 19.1. The van der Waals surface area contributed by atoms with Crippen LogP contribution in [0.2, 0.25) is 0 Å². The van der Waals surface area contributed by atoms with Gasteiger partial charge in [-0.05, 0) is 11.1 Å². The zero-order chi connectivity index (χ0) is 24.5. The number of aromatic nitrogens is 2. The minimum atomic E-state index is -0.614. The Labute approximate surface area is 202 Å². The highest BCUT2D eigenvalue weighted by molar-refractivity contribution is 5.88. The van der Waals surface area contributed by atoms with Crippen LogP contribution in [0.25, 0.3) is 0 Å². The maximum atomic E-state index is 13.2. The van der Waals surface area contributed by atoms with Gasteiger partial charge in [0.05, 0.1) is 24.1 Å². The molecule has 35 heavy (non-hydrogen) atoms. The van der Waals surface area contributed by atoms with E-state index in [0.29, 0.717) is 26.3 Å². The molecule has 0 aliphatic carbocycles. The van der Waals surface area contributed by atoms with Crippen LogP contribution in [0.3, 0.4) is 0 Å². The fourth-order valence-electron chi connectivity index (χ4n) is 3.91. The minimum absolute atomic E-state index is 0.0812. The standard InChI is InChI=1S/C24H27N7O4/c32-24(20(18-7-3-1-4-8-18)19-9-5-2-6-10-19)29-28-23-21(31(33)34)22(26-17-27-23)25-11-12-30-13-15-35-16-14-30/h1-10,17,20H,11-16H2,(H,29,32)(H2,25,26,27,28). The van der Waals surface area contributed by atoms with Crippen molar-refractivity contribution in [2.24, 2.45) is 0 Å². The highest BCUT2D eigenvalue weighted by Gasteiger charge is 2.26. The Bertz CT molecular complexity index is 1090. The Morgan fingerprint density at radius 1 is 1.00 bits per heavy atom. The molecule has 11 heteroatoms. The molecule has 0 bridgehead atoms.